The number of hydrogen-bond donors (Lipinski definition) is 1. The minimum absolute atomic E-state index is 0.184. The molecule has 1 aliphatic carbocycles. The molecule has 6 heteroatoms. The van der Waals surface area contributed by atoms with Crippen molar-refractivity contribution < 1.29 is 4.79 Å². The lowest BCUT2D eigenvalue weighted by atomic mass is 9.97. The van der Waals surface area contributed by atoms with Gasteiger partial charge in [-0.25, -0.2) is 9.97 Å². The summed E-state index contributed by atoms with van der Waals surface area (Å²) in [6, 6.07) is 0. The van der Waals surface area contributed by atoms with E-state index >= 15 is 0 Å². The van der Waals surface area contributed by atoms with E-state index in [1.807, 2.05) is 16.2 Å². The Kier molecular flexibility index (Phi) is 3.93. The lowest BCUT2D eigenvalue weighted by Gasteiger charge is -2.16. The lowest BCUT2D eigenvalue weighted by Crippen LogP contribution is -2.27. The highest BCUT2D eigenvalue weighted by atomic mass is 32.1. The van der Waals surface area contributed by atoms with Crippen molar-refractivity contribution in [3.05, 3.63) is 16.8 Å². The smallest absolute Gasteiger partial charge is 0.219 e. The maximum Gasteiger partial charge on any atom is 0.219 e. The van der Waals surface area contributed by atoms with E-state index in [1.165, 1.54) is 35.1 Å². The van der Waals surface area contributed by atoms with Crippen molar-refractivity contribution in [3.63, 3.8) is 0 Å². The van der Waals surface area contributed by atoms with Gasteiger partial charge < -0.3 is 10.2 Å². The predicted octanol–water partition coefficient (Wildman–Crippen LogP) is 2.85. The number of likely N-dealkylation sites (tertiary alicyclic amines) is 1. The Hall–Kier alpha value is -1.69. The normalized spacial score (nSPS) is 20.7. The average Bonchev–Trinajstić information content (AvgIpc) is 3.17. The summed E-state index contributed by atoms with van der Waals surface area (Å²) < 4.78 is 0. The Labute approximate surface area is 140 Å². The molecule has 2 aromatic heterocycles. The van der Waals surface area contributed by atoms with Crippen LogP contribution in [0.4, 0.5) is 5.82 Å². The van der Waals surface area contributed by atoms with Crippen LogP contribution in [0.25, 0.3) is 10.2 Å². The Morgan fingerprint density at radius 2 is 2.26 bits per heavy atom. The molecule has 0 spiro atoms. The first kappa shape index (κ1) is 14.9. The van der Waals surface area contributed by atoms with Crippen LogP contribution in [0.5, 0.6) is 0 Å². The zero-order valence-electron chi connectivity index (χ0n) is 13.5. The van der Waals surface area contributed by atoms with E-state index in [2.05, 4.69) is 15.3 Å². The van der Waals surface area contributed by atoms with Gasteiger partial charge in [0.25, 0.3) is 0 Å². The number of nitrogens with zero attached hydrogens (tertiary/aromatic N) is 3. The molecule has 0 aromatic carbocycles. The van der Waals surface area contributed by atoms with Crippen LogP contribution in [0.3, 0.4) is 0 Å². The number of carbonyl (C=O) groups is 1. The van der Waals surface area contributed by atoms with Crippen LogP contribution in [0.15, 0.2) is 6.33 Å². The molecule has 5 nitrogen and oxygen atoms in total. The quantitative estimate of drug-likeness (QED) is 0.940. The van der Waals surface area contributed by atoms with Crippen LogP contribution in [0.2, 0.25) is 0 Å². The molecule has 1 unspecified atom stereocenters. The summed E-state index contributed by atoms with van der Waals surface area (Å²) in [6.45, 7) is 4.27. The molecule has 1 atom stereocenters. The van der Waals surface area contributed by atoms with Gasteiger partial charge in [0.2, 0.25) is 5.91 Å². The van der Waals surface area contributed by atoms with Gasteiger partial charge in [-0.05, 0) is 43.6 Å². The Morgan fingerprint density at radius 3 is 3.09 bits per heavy atom. The van der Waals surface area contributed by atoms with Gasteiger partial charge in [-0.3, -0.25) is 4.79 Å². The molecule has 0 radical (unpaired) electrons. The van der Waals surface area contributed by atoms with Crippen LogP contribution in [-0.4, -0.2) is 40.4 Å². The third kappa shape index (κ3) is 2.80. The van der Waals surface area contributed by atoms with E-state index in [0.717, 1.165) is 43.1 Å². The highest BCUT2D eigenvalue weighted by Crippen LogP contribution is 2.38. The second-order valence-corrected chi connectivity index (χ2v) is 7.70. The molecule has 122 valence electrons. The van der Waals surface area contributed by atoms with Crippen LogP contribution in [0.1, 0.15) is 36.6 Å². The average molecular weight is 330 g/mol. The number of hydrogen-bond acceptors (Lipinski definition) is 5. The number of rotatable bonds is 3. The van der Waals surface area contributed by atoms with Crippen LogP contribution < -0.4 is 5.32 Å². The fraction of sp³-hybridized carbons (Fsp3) is 0.588. The van der Waals surface area contributed by atoms with Crippen LogP contribution >= 0.6 is 11.3 Å². The highest BCUT2D eigenvalue weighted by molar-refractivity contribution is 7.19. The van der Waals surface area contributed by atoms with Gasteiger partial charge in [0.1, 0.15) is 17.0 Å². The predicted molar refractivity (Wildman–Crippen MR) is 92.9 cm³/mol. The highest BCUT2D eigenvalue weighted by Gasteiger charge is 2.25. The molecule has 1 amide bonds. The minimum atomic E-state index is 0.184. The van der Waals surface area contributed by atoms with Crippen molar-refractivity contribution in [3.8, 4) is 0 Å². The van der Waals surface area contributed by atoms with Crippen LogP contribution in [0, 0.1) is 5.92 Å². The molecule has 0 bridgehead atoms. The number of aryl methyl sites for hydroxylation is 2. The fourth-order valence-electron chi connectivity index (χ4n) is 3.75. The molecular weight excluding hydrogens is 308 g/mol. The molecule has 0 saturated carbocycles. The summed E-state index contributed by atoms with van der Waals surface area (Å²) in [5, 5.41) is 4.79. The summed E-state index contributed by atoms with van der Waals surface area (Å²) >= 11 is 1.83. The van der Waals surface area contributed by atoms with Crippen molar-refractivity contribution >= 4 is 33.3 Å². The molecule has 1 saturated heterocycles. The van der Waals surface area contributed by atoms with Gasteiger partial charge >= 0.3 is 0 Å². The number of thiophene rings is 1. The second kappa shape index (κ2) is 6.07. The first-order valence-corrected chi connectivity index (χ1v) is 9.28. The third-order valence-electron chi connectivity index (χ3n) is 5.04. The summed E-state index contributed by atoms with van der Waals surface area (Å²) in [5.41, 5.74) is 1.47. The SMILES string of the molecule is CC(=O)N1CCC(CNc2ncnc3sc4c(c23)CCCC4)C1. The standard InChI is InChI=1S/C17H22N4OS/c1-11(22)21-7-6-12(9-21)8-18-16-15-13-4-2-3-5-14(13)23-17(15)20-10-19-16/h10,12H,2-9H2,1H3,(H,18,19,20). The molecular formula is C17H22N4OS. The summed E-state index contributed by atoms with van der Waals surface area (Å²) in [6.07, 6.45) is 7.64. The number of aromatic nitrogens is 2. The molecule has 1 aliphatic heterocycles. The maximum absolute atomic E-state index is 11.5. The van der Waals surface area contributed by atoms with Gasteiger partial charge in [-0.15, -0.1) is 11.3 Å². The second-order valence-electron chi connectivity index (χ2n) is 6.61. The van der Waals surface area contributed by atoms with E-state index in [9.17, 15) is 4.79 Å². The van der Waals surface area contributed by atoms with E-state index in [1.54, 1.807) is 13.3 Å². The Balaban J connectivity index is 1.53. The monoisotopic (exact) mass is 330 g/mol. The van der Waals surface area contributed by atoms with Crippen molar-refractivity contribution in [2.24, 2.45) is 5.92 Å². The number of nitrogens with one attached hydrogen (secondary N) is 1. The van der Waals surface area contributed by atoms with Gasteiger partial charge in [-0.1, -0.05) is 0 Å². The number of carbonyl (C=O) groups excluding carboxylic acids is 1. The summed E-state index contributed by atoms with van der Waals surface area (Å²) in [5.74, 6) is 1.68. The van der Waals surface area contributed by atoms with Crippen molar-refractivity contribution in [2.45, 2.75) is 39.0 Å². The zero-order valence-corrected chi connectivity index (χ0v) is 14.3. The van der Waals surface area contributed by atoms with E-state index in [0.29, 0.717) is 5.92 Å². The lowest BCUT2D eigenvalue weighted by molar-refractivity contribution is -0.127. The summed E-state index contributed by atoms with van der Waals surface area (Å²) in [4.78, 5) is 25.0. The van der Waals surface area contributed by atoms with Crippen molar-refractivity contribution in [1.29, 1.82) is 0 Å². The molecule has 2 aromatic rings. The van der Waals surface area contributed by atoms with Gasteiger partial charge in [0.15, 0.2) is 0 Å². The van der Waals surface area contributed by atoms with Gasteiger partial charge in [0.05, 0.1) is 5.39 Å². The first-order valence-electron chi connectivity index (χ1n) is 8.47. The fourth-order valence-corrected chi connectivity index (χ4v) is 4.98. The van der Waals surface area contributed by atoms with Gasteiger partial charge in [-0.2, -0.15) is 0 Å². The van der Waals surface area contributed by atoms with E-state index in [-0.39, 0.29) is 5.91 Å². The summed E-state index contributed by atoms with van der Waals surface area (Å²) in [7, 11) is 0. The van der Waals surface area contributed by atoms with Crippen LogP contribution in [-0.2, 0) is 17.6 Å². The molecule has 4 rings (SSSR count). The maximum atomic E-state index is 11.5. The largest absolute Gasteiger partial charge is 0.369 e. The van der Waals surface area contributed by atoms with Crippen molar-refractivity contribution in [1.82, 2.24) is 14.9 Å². The topological polar surface area (TPSA) is 58.1 Å². The number of anilines is 1. The number of amides is 1. The van der Waals surface area contributed by atoms with Crippen molar-refractivity contribution in [2.75, 3.05) is 25.0 Å². The molecule has 23 heavy (non-hydrogen) atoms. The first-order chi connectivity index (χ1) is 11.2. The molecule has 1 fully saturated rings. The third-order valence-corrected chi connectivity index (χ3v) is 6.24. The van der Waals surface area contributed by atoms with Gasteiger partial charge in [0, 0.05) is 31.4 Å². The Morgan fingerprint density at radius 1 is 1.39 bits per heavy atom. The minimum Gasteiger partial charge on any atom is -0.369 e. The van der Waals surface area contributed by atoms with E-state index in [4.69, 9.17) is 0 Å². The van der Waals surface area contributed by atoms with E-state index < -0.39 is 0 Å². The molecule has 2 aliphatic rings. The molecule has 3 heterocycles. The molecule has 1 N–H and O–H groups in total. The number of fused-ring (bicyclic) bond motifs is 3. The Bertz CT molecular complexity index is 742. The zero-order chi connectivity index (χ0) is 15.8.